The van der Waals surface area contributed by atoms with Gasteiger partial charge in [0.15, 0.2) is 0 Å². The van der Waals surface area contributed by atoms with E-state index < -0.39 is 5.97 Å². The summed E-state index contributed by atoms with van der Waals surface area (Å²) in [7, 11) is 1.36. The number of nitrogens with two attached hydrogens (primary N) is 1. The van der Waals surface area contributed by atoms with E-state index in [2.05, 4.69) is 19.2 Å². The van der Waals surface area contributed by atoms with E-state index >= 15 is 0 Å². The second-order valence-electron chi connectivity index (χ2n) is 5.03. The van der Waals surface area contributed by atoms with E-state index in [-0.39, 0.29) is 0 Å². The Kier molecular flexibility index (Phi) is 6.91. The Morgan fingerprint density at radius 3 is 2.65 bits per heavy atom. The number of carbonyl (C=O) groups is 1. The summed E-state index contributed by atoms with van der Waals surface area (Å²) in [6, 6.07) is 5.83. The van der Waals surface area contributed by atoms with Crippen LogP contribution in [-0.2, 0) is 4.74 Å². The number of rotatable bonds is 8. The molecule has 0 aliphatic carbocycles. The molecule has 0 spiro atoms. The zero-order valence-corrected chi connectivity index (χ0v) is 12.7. The standard InChI is InChI=1S/C16H26N2O2/c1-4-6-9-12(8-5-2)18-14-11-7-10-13(15(14)17)16(19)20-3/h7,10-12,18H,4-6,8-9,17H2,1-3H3. The fraction of sp³-hybridized carbons (Fsp3) is 0.562. The van der Waals surface area contributed by atoms with Crippen molar-refractivity contribution in [2.24, 2.45) is 0 Å². The number of benzene rings is 1. The lowest BCUT2D eigenvalue weighted by Crippen LogP contribution is -2.20. The van der Waals surface area contributed by atoms with Gasteiger partial charge < -0.3 is 15.8 Å². The second-order valence-corrected chi connectivity index (χ2v) is 5.03. The number of methoxy groups -OCH3 is 1. The first-order chi connectivity index (χ1) is 9.63. The molecule has 20 heavy (non-hydrogen) atoms. The summed E-state index contributed by atoms with van der Waals surface area (Å²) in [5.74, 6) is -0.397. The van der Waals surface area contributed by atoms with E-state index in [4.69, 9.17) is 10.5 Å². The normalized spacial score (nSPS) is 11.9. The molecule has 0 aromatic heterocycles. The van der Waals surface area contributed by atoms with Crippen molar-refractivity contribution in [3.8, 4) is 0 Å². The molecule has 0 amide bonds. The molecule has 1 aromatic rings. The Labute approximate surface area is 121 Å². The minimum absolute atomic E-state index is 0.397. The maximum atomic E-state index is 11.6. The van der Waals surface area contributed by atoms with Crippen molar-refractivity contribution in [2.75, 3.05) is 18.2 Å². The van der Waals surface area contributed by atoms with Crippen LogP contribution in [0, 0.1) is 0 Å². The van der Waals surface area contributed by atoms with E-state index in [0.29, 0.717) is 17.3 Å². The summed E-state index contributed by atoms with van der Waals surface area (Å²) in [5.41, 5.74) is 7.78. The summed E-state index contributed by atoms with van der Waals surface area (Å²) in [5, 5.41) is 3.47. The van der Waals surface area contributed by atoms with Crippen LogP contribution >= 0.6 is 0 Å². The second kappa shape index (κ2) is 8.46. The number of para-hydroxylation sites is 1. The van der Waals surface area contributed by atoms with Crippen LogP contribution in [0.4, 0.5) is 11.4 Å². The molecule has 0 saturated carbocycles. The van der Waals surface area contributed by atoms with Gasteiger partial charge in [0.25, 0.3) is 0 Å². The molecular weight excluding hydrogens is 252 g/mol. The molecule has 0 fully saturated rings. The first kappa shape index (κ1) is 16.3. The van der Waals surface area contributed by atoms with Crippen LogP contribution in [0.3, 0.4) is 0 Å². The van der Waals surface area contributed by atoms with Crippen molar-refractivity contribution in [3.63, 3.8) is 0 Å². The van der Waals surface area contributed by atoms with E-state index in [1.165, 1.54) is 20.0 Å². The van der Waals surface area contributed by atoms with Crippen LogP contribution in [0.5, 0.6) is 0 Å². The van der Waals surface area contributed by atoms with Crippen LogP contribution < -0.4 is 11.1 Å². The number of anilines is 2. The van der Waals surface area contributed by atoms with E-state index in [1.54, 1.807) is 6.07 Å². The fourth-order valence-corrected chi connectivity index (χ4v) is 2.29. The predicted molar refractivity (Wildman–Crippen MR) is 84.0 cm³/mol. The Morgan fingerprint density at radius 1 is 1.30 bits per heavy atom. The third-order valence-electron chi connectivity index (χ3n) is 3.41. The largest absolute Gasteiger partial charge is 0.465 e. The number of unbranched alkanes of at least 4 members (excludes halogenated alkanes) is 1. The highest BCUT2D eigenvalue weighted by atomic mass is 16.5. The molecule has 1 unspecified atom stereocenters. The van der Waals surface area contributed by atoms with Crippen molar-refractivity contribution in [2.45, 2.75) is 52.0 Å². The minimum Gasteiger partial charge on any atom is -0.465 e. The molecule has 0 aliphatic rings. The molecule has 112 valence electrons. The molecule has 0 saturated heterocycles. The number of nitrogens with one attached hydrogen (secondary N) is 1. The SMILES string of the molecule is CCCCC(CCC)Nc1cccc(C(=O)OC)c1N. The molecule has 3 N–H and O–H groups in total. The van der Waals surface area contributed by atoms with Crippen LogP contribution in [0.2, 0.25) is 0 Å². The van der Waals surface area contributed by atoms with E-state index in [1.807, 2.05) is 12.1 Å². The van der Waals surface area contributed by atoms with Crippen molar-refractivity contribution < 1.29 is 9.53 Å². The Balaban J connectivity index is 2.86. The summed E-state index contributed by atoms with van der Waals surface area (Å²) in [6.45, 7) is 4.37. The number of nitrogen functional groups attached to an aromatic ring is 1. The summed E-state index contributed by atoms with van der Waals surface area (Å²) < 4.78 is 4.74. The molecule has 1 rings (SSSR count). The monoisotopic (exact) mass is 278 g/mol. The first-order valence-electron chi connectivity index (χ1n) is 7.37. The maximum Gasteiger partial charge on any atom is 0.340 e. The zero-order valence-electron chi connectivity index (χ0n) is 12.7. The molecule has 0 heterocycles. The highest BCUT2D eigenvalue weighted by molar-refractivity contribution is 5.98. The van der Waals surface area contributed by atoms with Gasteiger partial charge in [-0.05, 0) is 25.0 Å². The maximum absolute atomic E-state index is 11.6. The fourth-order valence-electron chi connectivity index (χ4n) is 2.29. The Morgan fingerprint density at radius 2 is 2.05 bits per heavy atom. The number of hydrogen-bond donors (Lipinski definition) is 2. The van der Waals surface area contributed by atoms with Gasteiger partial charge in [-0.25, -0.2) is 4.79 Å². The first-order valence-corrected chi connectivity index (χ1v) is 7.37. The van der Waals surface area contributed by atoms with Gasteiger partial charge in [0, 0.05) is 6.04 Å². The van der Waals surface area contributed by atoms with Gasteiger partial charge in [-0.2, -0.15) is 0 Å². The molecular formula is C16H26N2O2. The molecule has 0 aliphatic heterocycles. The predicted octanol–water partition coefficient (Wildman–Crippen LogP) is 3.83. The van der Waals surface area contributed by atoms with Crippen LogP contribution in [-0.4, -0.2) is 19.1 Å². The summed E-state index contributed by atoms with van der Waals surface area (Å²) >= 11 is 0. The van der Waals surface area contributed by atoms with Crippen LogP contribution in [0.25, 0.3) is 0 Å². The van der Waals surface area contributed by atoms with E-state index in [9.17, 15) is 4.79 Å². The van der Waals surface area contributed by atoms with Crippen molar-refractivity contribution in [1.29, 1.82) is 0 Å². The quantitative estimate of drug-likeness (QED) is 0.560. The highest BCUT2D eigenvalue weighted by Gasteiger charge is 2.15. The van der Waals surface area contributed by atoms with Gasteiger partial charge in [0.1, 0.15) is 0 Å². The average Bonchev–Trinajstić information content (AvgIpc) is 2.46. The van der Waals surface area contributed by atoms with Crippen molar-refractivity contribution in [3.05, 3.63) is 23.8 Å². The van der Waals surface area contributed by atoms with Gasteiger partial charge in [-0.15, -0.1) is 0 Å². The lowest BCUT2D eigenvalue weighted by Gasteiger charge is -2.21. The molecule has 4 nitrogen and oxygen atoms in total. The van der Waals surface area contributed by atoms with Gasteiger partial charge in [-0.1, -0.05) is 39.2 Å². The lowest BCUT2D eigenvalue weighted by atomic mass is 10.0. The minimum atomic E-state index is -0.397. The highest BCUT2D eigenvalue weighted by Crippen LogP contribution is 2.25. The summed E-state index contributed by atoms with van der Waals surface area (Å²) in [4.78, 5) is 11.6. The molecule has 1 aromatic carbocycles. The van der Waals surface area contributed by atoms with E-state index in [0.717, 1.165) is 24.9 Å². The molecule has 4 heteroatoms. The molecule has 1 atom stereocenters. The smallest absolute Gasteiger partial charge is 0.340 e. The van der Waals surface area contributed by atoms with Crippen molar-refractivity contribution >= 4 is 17.3 Å². The third kappa shape index (κ3) is 4.44. The van der Waals surface area contributed by atoms with Gasteiger partial charge in [-0.3, -0.25) is 0 Å². The third-order valence-corrected chi connectivity index (χ3v) is 3.41. The van der Waals surface area contributed by atoms with Crippen molar-refractivity contribution in [1.82, 2.24) is 0 Å². The number of esters is 1. The van der Waals surface area contributed by atoms with Gasteiger partial charge >= 0.3 is 5.97 Å². The number of carbonyl (C=O) groups excluding carboxylic acids is 1. The number of hydrogen-bond acceptors (Lipinski definition) is 4. The summed E-state index contributed by atoms with van der Waals surface area (Å²) in [6.07, 6.45) is 5.71. The zero-order chi connectivity index (χ0) is 15.0. The van der Waals surface area contributed by atoms with Gasteiger partial charge in [0.2, 0.25) is 0 Å². The van der Waals surface area contributed by atoms with Crippen LogP contribution in [0.1, 0.15) is 56.3 Å². The number of ether oxygens (including phenoxy) is 1. The Hall–Kier alpha value is -1.71. The molecule has 0 bridgehead atoms. The lowest BCUT2D eigenvalue weighted by molar-refractivity contribution is 0.0602. The Bertz CT molecular complexity index is 432. The molecule has 0 radical (unpaired) electrons. The van der Waals surface area contributed by atoms with Crippen LogP contribution in [0.15, 0.2) is 18.2 Å². The topological polar surface area (TPSA) is 64.3 Å². The average molecular weight is 278 g/mol. The van der Waals surface area contributed by atoms with Gasteiger partial charge in [0.05, 0.1) is 24.0 Å².